The SMILES string of the molecule is Cc1ccc(C)c(NC(=O)CCN2C(=S)NC(c3ccccn3)C2c2cccn2C(C)C)c1. The van der Waals surface area contributed by atoms with Crippen molar-refractivity contribution in [2.24, 2.45) is 0 Å². The maximum absolute atomic E-state index is 12.8. The van der Waals surface area contributed by atoms with E-state index in [9.17, 15) is 4.79 Å². The number of thiocarbonyl (C=S) groups is 1. The first kappa shape index (κ1) is 23.0. The maximum atomic E-state index is 12.8. The molecular weight excluding hydrogens is 430 g/mol. The summed E-state index contributed by atoms with van der Waals surface area (Å²) in [7, 11) is 0. The molecule has 1 amide bonds. The summed E-state index contributed by atoms with van der Waals surface area (Å²) in [5.41, 5.74) is 5.12. The number of rotatable bonds is 7. The summed E-state index contributed by atoms with van der Waals surface area (Å²) in [5, 5.41) is 7.17. The molecule has 33 heavy (non-hydrogen) atoms. The van der Waals surface area contributed by atoms with Crippen molar-refractivity contribution in [2.45, 2.75) is 52.2 Å². The lowest BCUT2D eigenvalue weighted by molar-refractivity contribution is -0.116. The monoisotopic (exact) mass is 461 g/mol. The number of hydrogen-bond acceptors (Lipinski definition) is 3. The molecule has 2 unspecified atom stereocenters. The van der Waals surface area contributed by atoms with Gasteiger partial charge in [-0.05, 0) is 81.4 Å². The molecule has 0 radical (unpaired) electrons. The zero-order chi connectivity index (χ0) is 23.5. The molecule has 1 saturated heterocycles. The molecule has 0 spiro atoms. The minimum Gasteiger partial charge on any atom is -0.352 e. The van der Waals surface area contributed by atoms with Gasteiger partial charge in [-0.3, -0.25) is 9.78 Å². The van der Waals surface area contributed by atoms with Gasteiger partial charge in [0.1, 0.15) is 0 Å². The van der Waals surface area contributed by atoms with Crippen LogP contribution in [0.15, 0.2) is 60.9 Å². The highest BCUT2D eigenvalue weighted by Crippen LogP contribution is 2.39. The van der Waals surface area contributed by atoms with Crippen LogP contribution < -0.4 is 10.6 Å². The molecule has 0 saturated carbocycles. The normalized spacial score (nSPS) is 18.0. The molecule has 1 aliphatic heterocycles. The minimum absolute atomic E-state index is 0.0224. The number of pyridine rings is 1. The molecule has 7 heteroatoms. The van der Waals surface area contributed by atoms with Crippen LogP contribution in [0, 0.1) is 13.8 Å². The fourth-order valence-corrected chi connectivity index (χ4v) is 4.73. The Morgan fingerprint density at radius 1 is 1.18 bits per heavy atom. The van der Waals surface area contributed by atoms with Crippen molar-refractivity contribution >= 4 is 28.9 Å². The number of aromatic nitrogens is 2. The molecular formula is C26H31N5OS. The van der Waals surface area contributed by atoms with Gasteiger partial charge < -0.3 is 20.1 Å². The fourth-order valence-electron chi connectivity index (χ4n) is 4.40. The van der Waals surface area contributed by atoms with Crippen molar-refractivity contribution < 1.29 is 4.79 Å². The zero-order valence-corrected chi connectivity index (χ0v) is 20.4. The van der Waals surface area contributed by atoms with E-state index in [1.54, 1.807) is 6.20 Å². The lowest BCUT2D eigenvalue weighted by atomic mass is 10.0. The third kappa shape index (κ3) is 4.93. The topological polar surface area (TPSA) is 62.2 Å². The third-order valence-electron chi connectivity index (χ3n) is 6.12. The number of benzene rings is 1. The van der Waals surface area contributed by atoms with Crippen LogP contribution in [-0.2, 0) is 4.79 Å². The average molecular weight is 462 g/mol. The molecule has 2 aromatic heterocycles. The Hall–Kier alpha value is -3.19. The molecule has 0 bridgehead atoms. The van der Waals surface area contributed by atoms with Crippen LogP contribution >= 0.6 is 12.2 Å². The number of amides is 1. The van der Waals surface area contributed by atoms with Crippen LogP contribution in [0.4, 0.5) is 5.69 Å². The van der Waals surface area contributed by atoms with E-state index in [0.29, 0.717) is 24.1 Å². The summed E-state index contributed by atoms with van der Waals surface area (Å²) in [6.07, 6.45) is 4.24. The van der Waals surface area contributed by atoms with Gasteiger partial charge in [-0.1, -0.05) is 18.2 Å². The smallest absolute Gasteiger partial charge is 0.226 e. The van der Waals surface area contributed by atoms with Crippen molar-refractivity contribution in [2.75, 3.05) is 11.9 Å². The number of nitrogens with zero attached hydrogens (tertiary/aromatic N) is 3. The van der Waals surface area contributed by atoms with Gasteiger partial charge in [0.2, 0.25) is 5.91 Å². The van der Waals surface area contributed by atoms with Crippen LogP contribution in [0.1, 0.15) is 60.9 Å². The number of carbonyl (C=O) groups excluding carboxylic acids is 1. The van der Waals surface area contributed by atoms with Gasteiger partial charge in [-0.25, -0.2) is 0 Å². The van der Waals surface area contributed by atoms with Crippen LogP contribution in [0.25, 0.3) is 0 Å². The number of nitrogens with one attached hydrogen (secondary N) is 2. The number of anilines is 1. The van der Waals surface area contributed by atoms with Gasteiger partial charge in [0.25, 0.3) is 0 Å². The van der Waals surface area contributed by atoms with E-state index in [2.05, 4.69) is 57.3 Å². The molecule has 3 aromatic rings. The highest BCUT2D eigenvalue weighted by molar-refractivity contribution is 7.80. The van der Waals surface area contributed by atoms with E-state index in [1.807, 2.05) is 50.2 Å². The summed E-state index contributed by atoms with van der Waals surface area (Å²) in [6.45, 7) is 8.88. The fraction of sp³-hybridized carbons (Fsp3) is 0.346. The van der Waals surface area contributed by atoms with Gasteiger partial charge >= 0.3 is 0 Å². The van der Waals surface area contributed by atoms with Crippen molar-refractivity contribution in [3.8, 4) is 0 Å². The largest absolute Gasteiger partial charge is 0.352 e. The Kier molecular flexibility index (Phi) is 6.79. The van der Waals surface area contributed by atoms with Crippen LogP contribution in [0.2, 0.25) is 0 Å². The van der Waals surface area contributed by atoms with Gasteiger partial charge in [0.15, 0.2) is 5.11 Å². The van der Waals surface area contributed by atoms with Crippen LogP contribution in [-0.4, -0.2) is 32.0 Å². The van der Waals surface area contributed by atoms with E-state index < -0.39 is 0 Å². The average Bonchev–Trinajstić information content (AvgIpc) is 3.40. The first-order valence-corrected chi connectivity index (χ1v) is 11.8. The number of aryl methyl sites for hydroxylation is 2. The van der Waals surface area contributed by atoms with E-state index in [0.717, 1.165) is 28.2 Å². The Bertz CT molecular complexity index is 1140. The van der Waals surface area contributed by atoms with E-state index in [4.69, 9.17) is 12.2 Å². The van der Waals surface area contributed by atoms with Crippen LogP contribution in [0.3, 0.4) is 0 Å². The molecule has 2 N–H and O–H groups in total. The second-order valence-corrected chi connectivity index (χ2v) is 9.26. The first-order chi connectivity index (χ1) is 15.8. The Morgan fingerprint density at radius 2 is 2.00 bits per heavy atom. The van der Waals surface area contributed by atoms with Crippen LogP contribution in [0.5, 0.6) is 0 Å². The molecule has 1 aromatic carbocycles. The molecule has 6 nitrogen and oxygen atoms in total. The Balaban J connectivity index is 1.57. The van der Waals surface area contributed by atoms with Gasteiger partial charge in [-0.2, -0.15) is 0 Å². The van der Waals surface area contributed by atoms with Gasteiger partial charge in [0.05, 0.1) is 17.8 Å². The third-order valence-corrected chi connectivity index (χ3v) is 6.47. The van der Waals surface area contributed by atoms with Crippen molar-refractivity contribution in [1.82, 2.24) is 19.8 Å². The lowest BCUT2D eigenvalue weighted by Gasteiger charge is -2.29. The van der Waals surface area contributed by atoms with Gasteiger partial charge in [-0.15, -0.1) is 0 Å². The quantitative estimate of drug-likeness (QED) is 0.481. The molecule has 4 rings (SSSR count). The molecule has 3 heterocycles. The first-order valence-electron chi connectivity index (χ1n) is 11.4. The Labute approximate surface area is 201 Å². The zero-order valence-electron chi connectivity index (χ0n) is 19.6. The molecule has 1 aliphatic rings. The summed E-state index contributed by atoms with van der Waals surface area (Å²) in [4.78, 5) is 19.6. The predicted molar refractivity (Wildman–Crippen MR) is 136 cm³/mol. The molecule has 0 aliphatic carbocycles. The molecule has 2 atom stereocenters. The van der Waals surface area contributed by atoms with E-state index in [-0.39, 0.29) is 18.0 Å². The summed E-state index contributed by atoms with van der Waals surface area (Å²) >= 11 is 5.74. The Morgan fingerprint density at radius 3 is 2.73 bits per heavy atom. The van der Waals surface area contributed by atoms with Crippen molar-refractivity contribution in [3.05, 3.63) is 83.4 Å². The maximum Gasteiger partial charge on any atom is 0.226 e. The molecule has 172 valence electrons. The lowest BCUT2D eigenvalue weighted by Crippen LogP contribution is -2.33. The summed E-state index contributed by atoms with van der Waals surface area (Å²) in [5.74, 6) is -0.0224. The summed E-state index contributed by atoms with van der Waals surface area (Å²) in [6, 6.07) is 16.4. The minimum atomic E-state index is -0.0896. The standard InChI is InChI=1S/C26H31N5OS/c1-17(2)30-14-7-9-22(30)25-24(20-8-5-6-13-27-20)29-26(33)31(25)15-12-23(32)28-21-16-18(3)10-11-19(21)4/h5-11,13-14,16-17,24-25H,12,15H2,1-4H3,(H,28,32)(H,29,33). The number of hydrogen-bond donors (Lipinski definition) is 2. The van der Waals surface area contributed by atoms with Gasteiger partial charge in [0, 0.05) is 42.8 Å². The second-order valence-electron chi connectivity index (χ2n) is 8.87. The second kappa shape index (κ2) is 9.75. The molecule has 1 fully saturated rings. The highest BCUT2D eigenvalue weighted by atomic mass is 32.1. The number of carbonyl (C=O) groups is 1. The van der Waals surface area contributed by atoms with Crippen molar-refractivity contribution in [1.29, 1.82) is 0 Å². The predicted octanol–water partition coefficient (Wildman–Crippen LogP) is 5.08. The summed E-state index contributed by atoms with van der Waals surface area (Å²) < 4.78 is 2.26. The van der Waals surface area contributed by atoms with Crippen molar-refractivity contribution in [3.63, 3.8) is 0 Å². The highest BCUT2D eigenvalue weighted by Gasteiger charge is 2.41. The van der Waals surface area contributed by atoms with E-state index >= 15 is 0 Å². The van der Waals surface area contributed by atoms with E-state index in [1.165, 1.54) is 0 Å².